The van der Waals surface area contributed by atoms with E-state index >= 15 is 0 Å². The van der Waals surface area contributed by atoms with Gasteiger partial charge in [-0.3, -0.25) is 0 Å². The van der Waals surface area contributed by atoms with Gasteiger partial charge in [-0.25, -0.2) is 4.79 Å². The standard InChI is InChI=1S/C19H29N3O6.Na/c23-16(13-20-7-8-21-19(26)22-9-11-27-12-10-22)14-28-17-4-1-15(2-5-17)3-6-18(24)25;/h1-2,4-5,16,20,23H,3,6-14H2,(H,21,26)(H,24,25);/q;+1/p-1/t16-;/m0./s1. The van der Waals surface area contributed by atoms with Crippen LogP contribution in [0, 0.1) is 0 Å². The molecule has 9 nitrogen and oxygen atoms in total. The number of aryl methyl sites for hydroxylation is 1. The fourth-order valence-electron chi connectivity index (χ4n) is 2.65. The second kappa shape index (κ2) is 14.6. The van der Waals surface area contributed by atoms with Gasteiger partial charge in [-0.1, -0.05) is 12.1 Å². The number of hydrogen-bond acceptors (Lipinski definition) is 7. The van der Waals surface area contributed by atoms with Gasteiger partial charge in [-0.05, 0) is 30.5 Å². The van der Waals surface area contributed by atoms with Crippen LogP contribution in [0.1, 0.15) is 12.0 Å². The van der Waals surface area contributed by atoms with Gasteiger partial charge >= 0.3 is 35.6 Å². The fourth-order valence-corrected chi connectivity index (χ4v) is 2.65. The normalized spacial score (nSPS) is 14.6. The van der Waals surface area contributed by atoms with Crippen LogP contribution < -0.4 is 50.0 Å². The first-order valence-electron chi connectivity index (χ1n) is 9.45. The average Bonchev–Trinajstić information content (AvgIpc) is 2.71. The molecule has 0 radical (unpaired) electrons. The minimum atomic E-state index is -1.07. The molecule has 2 amide bonds. The fraction of sp³-hybridized carbons (Fsp3) is 0.579. The van der Waals surface area contributed by atoms with Crippen molar-refractivity contribution in [3.8, 4) is 5.75 Å². The number of aliphatic hydroxyl groups is 1. The second-order valence-electron chi connectivity index (χ2n) is 6.52. The first kappa shape index (κ1) is 25.7. The average molecular weight is 417 g/mol. The summed E-state index contributed by atoms with van der Waals surface area (Å²) in [6.45, 7) is 3.83. The number of rotatable bonds is 11. The van der Waals surface area contributed by atoms with Crippen LogP contribution in [-0.4, -0.2) is 80.7 Å². The molecule has 1 atom stereocenters. The predicted molar refractivity (Wildman–Crippen MR) is 99.9 cm³/mol. The first-order chi connectivity index (χ1) is 13.5. The second-order valence-corrected chi connectivity index (χ2v) is 6.52. The molecule has 1 aliphatic heterocycles. The SMILES string of the molecule is O=C([O-])CCc1ccc(OC[C@@H](O)CNCCNC(=O)N2CCOCC2)cc1.[Na+]. The molecular formula is C19H28N3NaO6. The van der Waals surface area contributed by atoms with Gasteiger partial charge in [0.05, 0.1) is 13.2 Å². The number of carboxylic acids is 1. The number of benzene rings is 1. The molecule has 0 aliphatic carbocycles. The van der Waals surface area contributed by atoms with Crippen LogP contribution >= 0.6 is 0 Å². The molecule has 0 unspecified atom stereocenters. The van der Waals surface area contributed by atoms with Crippen molar-refractivity contribution in [3.05, 3.63) is 29.8 Å². The summed E-state index contributed by atoms with van der Waals surface area (Å²) in [5.74, 6) is -0.467. The molecule has 0 saturated carbocycles. The van der Waals surface area contributed by atoms with Gasteiger partial charge in [0.25, 0.3) is 0 Å². The summed E-state index contributed by atoms with van der Waals surface area (Å²) in [5.41, 5.74) is 0.887. The zero-order valence-electron chi connectivity index (χ0n) is 16.9. The maximum atomic E-state index is 11.9. The van der Waals surface area contributed by atoms with Crippen LogP contribution in [0.4, 0.5) is 4.79 Å². The van der Waals surface area contributed by atoms with Crippen molar-refractivity contribution in [3.63, 3.8) is 0 Å². The number of amides is 2. The van der Waals surface area contributed by atoms with Crippen LogP contribution in [0.2, 0.25) is 0 Å². The molecule has 0 bridgehead atoms. The van der Waals surface area contributed by atoms with Gasteiger partial charge in [-0.15, -0.1) is 0 Å². The largest absolute Gasteiger partial charge is 1.00 e. The number of morpholine rings is 1. The van der Waals surface area contributed by atoms with Crippen LogP contribution in [0.5, 0.6) is 5.75 Å². The van der Waals surface area contributed by atoms with E-state index in [1.807, 2.05) is 0 Å². The van der Waals surface area contributed by atoms with Gasteiger partial charge in [0.2, 0.25) is 0 Å². The summed E-state index contributed by atoms with van der Waals surface area (Å²) in [6.07, 6.45) is -0.290. The van der Waals surface area contributed by atoms with E-state index < -0.39 is 12.1 Å². The van der Waals surface area contributed by atoms with Gasteiger partial charge in [0.15, 0.2) is 0 Å². The van der Waals surface area contributed by atoms with Crippen LogP contribution in [0.3, 0.4) is 0 Å². The minimum Gasteiger partial charge on any atom is -0.550 e. The summed E-state index contributed by atoms with van der Waals surface area (Å²) in [6, 6.07) is 6.97. The summed E-state index contributed by atoms with van der Waals surface area (Å²) in [5, 5.41) is 26.3. The number of carboxylic acid groups (broad SMARTS) is 1. The third-order valence-electron chi connectivity index (χ3n) is 4.24. The minimum absolute atomic E-state index is 0. The Kier molecular flexibility index (Phi) is 12.9. The predicted octanol–water partition coefficient (Wildman–Crippen LogP) is -4.26. The number of carbonyl (C=O) groups excluding carboxylic acids is 2. The number of nitrogens with one attached hydrogen (secondary N) is 2. The van der Waals surface area contributed by atoms with Crippen LogP contribution in [0.25, 0.3) is 0 Å². The zero-order valence-corrected chi connectivity index (χ0v) is 18.9. The molecule has 1 aromatic rings. The molecule has 1 fully saturated rings. The first-order valence-corrected chi connectivity index (χ1v) is 9.45. The van der Waals surface area contributed by atoms with Crippen LogP contribution in [-0.2, 0) is 16.0 Å². The smallest absolute Gasteiger partial charge is 0.550 e. The third kappa shape index (κ3) is 10.8. The van der Waals surface area contributed by atoms with Crippen LogP contribution in [0.15, 0.2) is 24.3 Å². The Morgan fingerprint density at radius 1 is 1.21 bits per heavy atom. The van der Waals surface area contributed by atoms with E-state index in [4.69, 9.17) is 9.47 Å². The van der Waals surface area contributed by atoms with Crippen molar-refractivity contribution < 1.29 is 58.8 Å². The van der Waals surface area contributed by atoms with E-state index in [1.54, 1.807) is 29.2 Å². The van der Waals surface area contributed by atoms with Crippen molar-refractivity contribution >= 4 is 12.0 Å². The third-order valence-corrected chi connectivity index (χ3v) is 4.24. The van der Waals surface area contributed by atoms with Crippen molar-refractivity contribution in [1.29, 1.82) is 0 Å². The number of nitrogens with zero attached hydrogens (tertiary/aromatic N) is 1. The molecule has 1 heterocycles. The van der Waals surface area contributed by atoms with E-state index in [0.29, 0.717) is 58.1 Å². The van der Waals surface area contributed by atoms with Gasteiger partial charge in [-0.2, -0.15) is 0 Å². The Balaban J connectivity index is 0.00000420. The molecule has 1 saturated heterocycles. The Morgan fingerprint density at radius 3 is 2.55 bits per heavy atom. The molecule has 0 aromatic heterocycles. The summed E-state index contributed by atoms with van der Waals surface area (Å²) in [7, 11) is 0. The molecular weight excluding hydrogens is 389 g/mol. The monoisotopic (exact) mass is 417 g/mol. The van der Waals surface area contributed by atoms with Crippen molar-refractivity contribution in [1.82, 2.24) is 15.5 Å². The van der Waals surface area contributed by atoms with Crippen molar-refractivity contribution in [2.75, 3.05) is 52.5 Å². The zero-order chi connectivity index (χ0) is 20.2. The van der Waals surface area contributed by atoms with E-state index in [1.165, 1.54) is 0 Å². The quantitative estimate of drug-likeness (QED) is 0.246. The Hall–Kier alpha value is -1.36. The number of aliphatic carboxylic acids is 1. The summed E-state index contributed by atoms with van der Waals surface area (Å²) >= 11 is 0. The molecule has 1 aromatic carbocycles. The van der Waals surface area contributed by atoms with Gasteiger partial charge in [0, 0.05) is 38.7 Å². The van der Waals surface area contributed by atoms with Gasteiger partial charge < -0.3 is 40.0 Å². The number of urea groups is 1. The number of hydrogen-bond donors (Lipinski definition) is 3. The number of aliphatic hydroxyl groups excluding tert-OH is 1. The van der Waals surface area contributed by atoms with E-state index in [-0.39, 0.29) is 48.6 Å². The summed E-state index contributed by atoms with van der Waals surface area (Å²) < 4.78 is 10.7. The molecule has 10 heteroatoms. The number of ether oxygens (including phenoxy) is 2. The van der Waals surface area contributed by atoms with Crippen molar-refractivity contribution in [2.24, 2.45) is 0 Å². The molecule has 156 valence electrons. The Morgan fingerprint density at radius 2 is 1.90 bits per heavy atom. The Labute approximate surface area is 193 Å². The van der Waals surface area contributed by atoms with E-state index in [0.717, 1.165) is 5.56 Å². The maximum Gasteiger partial charge on any atom is 1.00 e. The molecule has 2 rings (SSSR count). The Bertz CT molecular complexity index is 610. The topological polar surface area (TPSA) is 123 Å². The van der Waals surface area contributed by atoms with Gasteiger partial charge in [0.1, 0.15) is 18.5 Å². The van der Waals surface area contributed by atoms with Crippen molar-refractivity contribution in [2.45, 2.75) is 18.9 Å². The molecule has 0 spiro atoms. The van der Waals surface area contributed by atoms with E-state index in [2.05, 4.69) is 10.6 Å². The number of carbonyl (C=O) groups is 2. The molecule has 29 heavy (non-hydrogen) atoms. The summed E-state index contributed by atoms with van der Waals surface area (Å²) in [4.78, 5) is 24.1. The molecule has 1 aliphatic rings. The molecule has 3 N–H and O–H groups in total. The van der Waals surface area contributed by atoms with E-state index in [9.17, 15) is 19.8 Å². The maximum absolute atomic E-state index is 11.9.